The molecule has 3 fully saturated rings. The zero-order valence-corrected chi connectivity index (χ0v) is 20.4. The molecule has 0 amide bonds. The SMILES string of the molecule is CN([C@@H]1[C@H]2CC3=CC=C(O)CC3[C@]1(C)CCC2CC1CC1)S(=O)(=O)c1cccc(C(F)(F)F)c1. The second-order valence-corrected chi connectivity index (χ2v) is 13.0. The molecule has 4 nitrogen and oxygen atoms in total. The minimum absolute atomic E-state index is 0.0276. The van der Waals surface area contributed by atoms with Gasteiger partial charge in [0, 0.05) is 19.5 Å². The van der Waals surface area contributed by atoms with Crippen LogP contribution in [0.3, 0.4) is 0 Å². The van der Waals surface area contributed by atoms with Crippen LogP contribution in [0.5, 0.6) is 0 Å². The number of aliphatic hydroxyl groups excluding tert-OH is 1. The van der Waals surface area contributed by atoms with Gasteiger partial charge in [0.05, 0.1) is 16.2 Å². The second kappa shape index (κ2) is 8.12. The lowest BCUT2D eigenvalue weighted by molar-refractivity contribution is -0.137. The summed E-state index contributed by atoms with van der Waals surface area (Å²) >= 11 is 0. The zero-order valence-electron chi connectivity index (χ0n) is 19.6. The molecule has 186 valence electrons. The van der Waals surface area contributed by atoms with Crippen LogP contribution in [-0.2, 0) is 16.2 Å². The molecule has 4 aliphatic carbocycles. The number of sulfonamides is 1. The van der Waals surface area contributed by atoms with Gasteiger partial charge in [0.2, 0.25) is 10.0 Å². The van der Waals surface area contributed by atoms with Gasteiger partial charge in [0.15, 0.2) is 0 Å². The molecular formula is C26H32F3NO3S. The number of alkyl halides is 3. The van der Waals surface area contributed by atoms with Crippen LogP contribution >= 0.6 is 0 Å². The van der Waals surface area contributed by atoms with E-state index in [-0.39, 0.29) is 22.8 Å². The average molecular weight is 496 g/mol. The van der Waals surface area contributed by atoms with Crippen LogP contribution in [0.2, 0.25) is 0 Å². The van der Waals surface area contributed by atoms with Crippen LogP contribution in [0.1, 0.15) is 57.4 Å². The smallest absolute Gasteiger partial charge is 0.416 e. The fraction of sp³-hybridized carbons (Fsp3) is 0.615. The molecule has 5 atom stereocenters. The zero-order chi connectivity index (χ0) is 24.5. The van der Waals surface area contributed by atoms with Crippen LogP contribution < -0.4 is 0 Å². The highest BCUT2D eigenvalue weighted by Crippen LogP contribution is 2.61. The molecule has 1 aromatic carbocycles. The molecule has 2 unspecified atom stereocenters. The highest BCUT2D eigenvalue weighted by Gasteiger charge is 2.58. The minimum Gasteiger partial charge on any atom is -0.512 e. The van der Waals surface area contributed by atoms with Gasteiger partial charge < -0.3 is 5.11 Å². The van der Waals surface area contributed by atoms with Gasteiger partial charge in [-0.25, -0.2) is 8.42 Å². The molecule has 3 saturated carbocycles. The van der Waals surface area contributed by atoms with Gasteiger partial charge in [-0.15, -0.1) is 0 Å². The van der Waals surface area contributed by atoms with E-state index in [9.17, 15) is 26.7 Å². The van der Waals surface area contributed by atoms with Crippen LogP contribution in [0, 0.1) is 29.1 Å². The van der Waals surface area contributed by atoms with Crippen molar-refractivity contribution in [1.82, 2.24) is 4.31 Å². The molecule has 34 heavy (non-hydrogen) atoms. The Hall–Kier alpha value is -1.80. The Balaban J connectivity index is 1.55. The van der Waals surface area contributed by atoms with E-state index in [1.807, 2.05) is 6.08 Å². The number of allylic oxidation sites excluding steroid dienone is 4. The number of hydrogen-bond donors (Lipinski definition) is 1. The van der Waals surface area contributed by atoms with E-state index in [1.54, 1.807) is 6.08 Å². The van der Waals surface area contributed by atoms with Crippen molar-refractivity contribution in [2.24, 2.45) is 29.1 Å². The molecule has 1 aromatic rings. The summed E-state index contributed by atoms with van der Waals surface area (Å²) in [6.45, 7) is 2.12. The third kappa shape index (κ3) is 4.00. The van der Waals surface area contributed by atoms with Gasteiger partial charge in [0.25, 0.3) is 0 Å². The molecule has 0 saturated heterocycles. The molecule has 0 radical (unpaired) electrons. The highest BCUT2D eigenvalue weighted by molar-refractivity contribution is 7.89. The number of fused-ring (bicyclic) bond motifs is 4. The topological polar surface area (TPSA) is 57.6 Å². The summed E-state index contributed by atoms with van der Waals surface area (Å²) in [5.41, 5.74) is -0.0938. The summed E-state index contributed by atoms with van der Waals surface area (Å²) in [7, 11) is -2.61. The van der Waals surface area contributed by atoms with Gasteiger partial charge in [-0.05, 0) is 79.0 Å². The summed E-state index contributed by atoms with van der Waals surface area (Å²) in [5, 5.41) is 10.3. The predicted octanol–water partition coefficient (Wildman–Crippen LogP) is 6.32. The maximum absolute atomic E-state index is 13.7. The van der Waals surface area contributed by atoms with Gasteiger partial charge in [-0.1, -0.05) is 37.5 Å². The van der Waals surface area contributed by atoms with Gasteiger partial charge in [-0.2, -0.15) is 17.5 Å². The standard InChI is InChI=1S/C26H32F3NO3S/c1-25-11-10-17(12-16-6-7-16)22(13-18-8-9-20(31)15-23(18)25)24(25)30(2)34(32,33)21-5-3-4-19(14-21)26(27,28)29/h3-5,8-9,14,16-17,22-24,31H,6-7,10-13,15H2,1-2H3/t17?,22-,23?,24+,25-/m0/s1. The van der Waals surface area contributed by atoms with Crippen LogP contribution in [-0.4, -0.2) is 30.9 Å². The van der Waals surface area contributed by atoms with Crippen molar-refractivity contribution in [2.75, 3.05) is 7.05 Å². The van der Waals surface area contributed by atoms with E-state index in [0.29, 0.717) is 24.0 Å². The lowest BCUT2D eigenvalue weighted by Gasteiger charge is -2.60. The molecule has 2 bridgehead atoms. The first-order valence-electron chi connectivity index (χ1n) is 12.1. The normalized spacial score (nSPS) is 33.8. The van der Waals surface area contributed by atoms with Crippen molar-refractivity contribution in [3.8, 4) is 0 Å². The minimum atomic E-state index is -4.61. The monoisotopic (exact) mass is 495 g/mol. The second-order valence-electron chi connectivity index (χ2n) is 11.0. The third-order valence-electron chi connectivity index (χ3n) is 8.92. The third-order valence-corrected chi connectivity index (χ3v) is 10.8. The first-order valence-corrected chi connectivity index (χ1v) is 13.6. The summed E-state index contributed by atoms with van der Waals surface area (Å²) in [4.78, 5) is -0.321. The average Bonchev–Trinajstić information content (AvgIpc) is 3.60. The Morgan fingerprint density at radius 1 is 1.15 bits per heavy atom. The molecule has 4 aliphatic rings. The number of rotatable bonds is 5. The largest absolute Gasteiger partial charge is 0.512 e. The van der Waals surface area contributed by atoms with Crippen molar-refractivity contribution in [2.45, 2.75) is 69.0 Å². The van der Waals surface area contributed by atoms with Crippen molar-refractivity contribution in [1.29, 1.82) is 0 Å². The number of halogens is 3. The van der Waals surface area contributed by atoms with E-state index in [2.05, 4.69) is 6.92 Å². The van der Waals surface area contributed by atoms with E-state index in [0.717, 1.165) is 43.9 Å². The molecule has 5 rings (SSSR count). The molecule has 8 heteroatoms. The summed E-state index contributed by atoms with van der Waals surface area (Å²) in [6, 6.07) is 3.72. The Labute approximate surface area is 199 Å². The highest BCUT2D eigenvalue weighted by atomic mass is 32.2. The maximum Gasteiger partial charge on any atom is 0.416 e. The van der Waals surface area contributed by atoms with Crippen molar-refractivity contribution < 1.29 is 26.7 Å². The Morgan fingerprint density at radius 2 is 1.88 bits per heavy atom. The van der Waals surface area contributed by atoms with Crippen LogP contribution in [0.4, 0.5) is 13.2 Å². The predicted molar refractivity (Wildman–Crippen MR) is 123 cm³/mol. The first kappa shape index (κ1) is 23.9. The molecule has 0 aromatic heterocycles. The quantitative estimate of drug-likeness (QED) is 0.520. The maximum atomic E-state index is 13.7. The molecule has 0 aliphatic heterocycles. The van der Waals surface area contributed by atoms with E-state index in [4.69, 9.17) is 0 Å². The van der Waals surface area contributed by atoms with Crippen molar-refractivity contribution in [3.05, 3.63) is 53.3 Å². The van der Waals surface area contributed by atoms with Crippen molar-refractivity contribution >= 4 is 10.0 Å². The molecule has 1 N–H and O–H groups in total. The lowest BCUT2D eigenvalue weighted by Crippen LogP contribution is -2.61. The van der Waals surface area contributed by atoms with Gasteiger partial charge in [0.1, 0.15) is 0 Å². The summed E-state index contributed by atoms with van der Waals surface area (Å²) in [6.07, 6.45) is 5.81. The Morgan fingerprint density at radius 3 is 2.56 bits per heavy atom. The Kier molecular flexibility index (Phi) is 5.71. The van der Waals surface area contributed by atoms with Crippen molar-refractivity contribution in [3.63, 3.8) is 0 Å². The van der Waals surface area contributed by atoms with E-state index >= 15 is 0 Å². The van der Waals surface area contributed by atoms with E-state index < -0.39 is 27.2 Å². The van der Waals surface area contributed by atoms with Crippen LogP contribution in [0.25, 0.3) is 0 Å². The number of hydrogen-bond acceptors (Lipinski definition) is 3. The van der Waals surface area contributed by atoms with Crippen LogP contribution in [0.15, 0.2) is 52.6 Å². The number of nitrogens with zero attached hydrogens (tertiary/aromatic N) is 1. The fourth-order valence-corrected chi connectivity index (χ4v) is 8.59. The van der Waals surface area contributed by atoms with Gasteiger partial charge >= 0.3 is 6.18 Å². The fourth-order valence-electron chi connectivity index (χ4n) is 7.04. The lowest BCUT2D eigenvalue weighted by atomic mass is 9.49. The summed E-state index contributed by atoms with van der Waals surface area (Å²) in [5.74, 6) is 1.55. The first-order chi connectivity index (χ1) is 15.9. The summed E-state index contributed by atoms with van der Waals surface area (Å²) < 4.78 is 68.8. The Bertz CT molecular complexity index is 1140. The molecule has 0 spiro atoms. The molecular weight excluding hydrogens is 463 g/mol. The number of aliphatic hydroxyl groups is 1. The molecule has 0 heterocycles. The van der Waals surface area contributed by atoms with E-state index in [1.165, 1.54) is 35.8 Å². The van der Waals surface area contributed by atoms with Gasteiger partial charge in [-0.3, -0.25) is 0 Å². The number of benzene rings is 1.